The van der Waals surface area contributed by atoms with Crippen molar-refractivity contribution in [2.75, 3.05) is 7.11 Å². The van der Waals surface area contributed by atoms with Crippen molar-refractivity contribution in [1.82, 2.24) is 0 Å². The van der Waals surface area contributed by atoms with E-state index in [1.54, 1.807) is 13.2 Å². The van der Waals surface area contributed by atoms with Gasteiger partial charge in [-0.25, -0.2) is 0 Å². The number of furan rings is 1. The number of Topliss-reactive ketones (excluding diaryl/α,β-unsaturated/α-hetero) is 1. The Labute approximate surface area is 103 Å². The van der Waals surface area contributed by atoms with Gasteiger partial charge in [0, 0.05) is 10.9 Å². The van der Waals surface area contributed by atoms with Gasteiger partial charge in [-0.05, 0) is 24.3 Å². The van der Waals surface area contributed by atoms with Gasteiger partial charge in [0.25, 0.3) is 0 Å². The number of ether oxygens (including phenoxy) is 2. The molecule has 0 saturated carbocycles. The second-order valence-corrected chi connectivity index (χ2v) is 4.43. The molecule has 2 aromatic rings. The maximum absolute atomic E-state index is 12.1. The highest BCUT2D eigenvalue weighted by Crippen LogP contribution is 2.42. The van der Waals surface area contributed by atoms with Gasteiger partial charge < -0.3 is 13.9 Å². The maximum Gasteiger partial charge on any atom is 0.231 e. The first-order valence-electron chi connectivity index (χ1n) is 5.76. The summed E-state index contributed by atoms with van der Waals surface area (Å²) in [6.07, 6.45) is 3.03. The molecule has 2 atom stereocenters. The fourth-order valence-corrected chi connectivity index (χ4v) is 2.58. The summed E-state index contributed by atoms with van der Waals surface area (Å²) in [4.78, 5) is 12.1. The van der Waals surface area contributed by atoms with Crippen LogP contribution in [0.5, 0.6) is 5.75 Å². The van der Waals surface area contributed by atoms with E-state index in [1.165, 1.54) is 0 Å². The van der Waals surface area contributed by atoms with Crippen LogP contribution in [0.2, 0.25) is 0 Å². The summed E-state index contributed by atoms with van der Waals surface area (Å²) in [5.74, 6) is 1.05. The molecule has 4 rings (SSSR count). The minimum atomic E-state index is -0.482. The molecule has 18 heavy (non-hydrogen) atoms. The highest BCUT2D eigenvalue weighted by molar-refractivity contribution is 6.06. The summed E-state index contributed by atoms with van der Waals surface area (Å²) in [6, 6.07) is 5.51. The SMILES string of the molecule is COc1ccc2oc3c(c2c1)[C@H]1C=C[C@H](O1)C3=O. The molecule has 4 heteroatoms. The molecule has 90 valence electrons. The van der Waals surface area contributed by atoms with Crippen molar-refractivity contribution in [3.8, 4) is 5.75 Å². The molecule has 0 amide bonds. The monoisotopic (exact) mass is 242 g/mol. The molecule has 3 heterocycles. The smallest absolute Gasteiger partial charge is 0.231 e. The molecular formula is C14H10O4. The number of hydrogen-bond acceptors (Lipinski definition) is 4. The molecule has 1 aromatic carbocycles. The Morgan fingerprint density at radius 1 is 1.22 bits per heavy atom. The predicted octanol–water partition coefficient (Wildman–Crippen LogP) is 2.63. The van der Waals surface area contributed by atoms with Crippen LogP contribution in [0, 0.1) is 0 Å². The van der Waals surface area contributed by atoms with Crippen LogP contribution in [-0.4, -0.2) is 19.0 Å². The lowest BCUT2D eigenvalue weighted by atomic mass is 10.0. The third-order valence-electron chi connectivity index (χ3n) is 3.45. The van der Waals surface area contributed by atoms with E-state index in [2.05, 4.69) is 0 Å². The van der Waals surface area contributed by atoms with E-state index >= 15 is 0 Å². The van der Waals surface area contributed by atoms with Crippen LogP contribution >= 0.6 is 0 Å². The van der Waals surface area contributed by atoms with E-state index < -0.39 is 6.10 Å². The predicted molar refractivity (Wildman–Crippen MR) is 63.9 cm³/mol. The number of ketones is 1. The minimum Gasteiger partial charge on any atom is -0.497 e. The summed E-state index contributed by atoms with van der Waals surface area (Å²) in [6.45, 7) is 0. The molecule has 1 aromatic heterocycles. The Morgan fingerprint density at radius 3 is 2.89 bits per heavy atom. The van der Waals surface area contributed by atoms with Crippen molar-refractivity contribution < 1.29 is 18.7 Å². The van der Waals surface area contributed by atoms with Crippen LogP contribution in [0.25, 0.3) is 11.0 Å². The largest absolute Gasteiger partial charge is 0.497 e. The Kier molecular flexibility index (Phi) is 1.78. The van der Waals surface area contributed by atoms with Crippen molar-refractivity contribution in [3.05, 3.63) is 41.7 Å². The highest BCUT2D eigenvalue weighted by Gasteiger charge is 2.40. The number of hydrogen-bond donors (Lipinski definition) is 0. The number of carbonyl (C=O) groups excluding carboxylic acids is 1. The van der Waals surface area contributed by atoms with Gasteiger partial charge in [0.1, 0.15) is 23.5 Å². The second-order valence-electron chi connectivity index (χ2n) is 4.43. The first-order valence-corrected chi connectivity index (χ1v) is 5.76. The molecule has 0 saturated heterocycles. The van der Waals surface area contributed by atoms with E-state index in [1.807, 2.05) is 24.3 Å². The average Bonchev–Trinajstić information content (AvgIpc) is 2.98. The first-order chi connectivity index (χ1) is 8.78. The van der Waals surface area contributed by atoms with Gasteiger partial charge in [-0.2, -0.15) is 0 Å². The number of benzene rings is 1. The van der Waals surface area contributed by atoms with Crippen LogP contribution in [0.3, 0.4) is 0 Å². The Morgan fingerprint density at radius 2 is 2.06 bits per heavy atom. The summed E-state index contributed by atoms with van der Waals surface area (Å²) in [5, 5.41) is 0.882. The van der Waals surface area contributed by atoms with Crippen LogP contribution in [0.15, 0.2) is 34.8 Å². The van der Waals surface area contributed by atoms with Gasteiger partial charge in [0.05, 0.1) is 7.11 Å². The molecule has 0 N–H and O–H groups in total. The number of carbonyl (C=O) groups is 1. The topological polar surface area (TPSA) is 48.7 Å². The van der Waals surface area contributed by atoms with E-state index in [-0.39, 0.29) is 11.9 Å². The number of fused-ring (bicyclic) bond motifs is 6. The van der Waals surface area contributed by atoms with Crippen LogP contribution < -0.4 is 4.74 Å². The van der Waals surface area contributed by atoms with Crippen LogP contribution in [0.1, 0.15) is 22.2 Å². The van der Waals surface area contributed by atoms with E-state index in [0.29, 0.717) is 11.3 Å². The van der Waals surface area contributed by atoms with Gasteiger partial charge in [0.15, 0.2) is 5.76 Å². The zero-order valence-corrected chi connectivity index (χ0v) is 9.67. The second kappa shape index (κ2) is 3.23. The third-order valence-corrected chi connectivity index (χ3v) is 3.45. The Balaban J connectivity index is 2.05. The molecule has 0 radical (unpaired) electrons. The van der Waals surface area contributed by atoms with E-state index in [0.717, 1.165) is 16.7 Å². The lowest BCUT2D eigenvalue weighted by Crippen LogP contribution is -2.25. The molecule has 2 aliphatic rings. The lowest BCUT2D eigenvalue weighted by molar-refractivity contribution is 0.0352. The molecule has 4 nitrogen and oxygen atoms in total. The normalized spacial score (nSPS) is 24.6. The molecule has 0 aliphatic carbocycles. The highest BCUT2D eigenvalue weighted by atomic mass is 16.5. The summed E-state index contributed by atoms with van der Waals surface area (Å²) in [7, 11) is 1.61. The lowest BCUT2D eigenvalue weighted by Gasteiger charge is -2.18. The Bertz CT molecular complexity index is 695. The van der Waals surface area contributed by atoms with E-state index in [9.17, 15) is 4.79 Å². The molecule has 0 unspecified atom stereocenters. The molecule has 2 aliphatic heterocycles. The number of rotatable bonds is 1. The minimum absolute atomic E-state index is 0.106. The summed E-state index contributed by atoms with van der Waals surface area (Å²) < 4.78 is 16.5. The van der Waals surface area contributed by atoms with Gasteiger partial charge in [-0.3, -0.25) is 4.79 Å². The van der Waals surface area contributed by atoms with Gasteiger partial charge in [0.2, 0.25) is 5.78 Å². The van der Waals surface area contributed by atoms with Crippen LogP contribution in [0.4, 0.5) is 0 Å². The molecule has 2 bridgehead atoms. The Hall–Kier alpha value is -2.07. The fraction of sp³-hybridized carbons (Fsp3) is 0.214. The van der Waals surface area contributed by atoms with Crippen molar-refractivity contribution in [2.24, 2.45) is 0 Å². The summed E-state index contributed by atoms with van der Waals surface area (Å²) in [5.41, 5.74) is 1.51. The third kappa shape index (κ3) is 1.10. The van der Waals surface area contributed by atoms with Gasteiger partial charge in [-0.15, -0.1) is 0 Å². The maximum atomic E-state index is 12.1. The fourth-order valence-electron chi connectivity index (χ4n) is 2.58. The van der Waals surface area contributed by atoms with Crippen molar-refractivity contribution in [2.45, 2.75) is 12.2 Å². The molecule has 0 fully saturated rings. The molecular weight excluding hydrogens is 232 g/mol. The van der Waals surface area contributed by atoms with Crippen molar-refractivity contribution >= 4 is 16.8 Å². The zero-order valence-electron chi connectivity index (χ0n) is 9.67. The zero-order chi connectivity index (χ0) is 12.3. The van der Waals surface area contributed by atoms with Gasteiger partial charge >= 0.3 is 0 Å². The molecule has 0 spiro atoms. The summed E-state index contributed by atoms with van der Waals surface area (Å²) >= 11 is 0. The van der Waals surface area contributed by atoms with Gasteiger partial charge in [-0.1, -0.05) is 6.08 Å². The number of methoxy groups -OCH3 is 1. The standard InChI is InChI=1S/C14H10O4/c1-16-7-2-3-9-8(6-7)12-10-4-5-11(17-10)13(15)14(12)18-9/h2-6,10-11H,1H3/t10-,11+/m1/s1. The quantitative estimate of drug-likeness (QED) is 0.721. The average molecular weight is 242 g/mol. The first kappa shape index (κ1) is 9.91. The van der Waals surface area contributed by atoms with Crippen LogP contribution in [-0.2, 0) is 4.74 Å². The van der Waals surface area contributed by atoms with E-state index in [4.69, 9.17) is 13.9 Å². The van der Waals surface area contributed by atoms with Crippen molar-refractivity contribution in [3.63, 3.8) is 0 Å². The van der Waals surface area contributed by atoms with Crippen molar-refractivity contribution in [1.29, 1.82) is 0 Å².